The number of halogens is 3. The summed E-state index contributed by atoms with van der Waals surface area (Å²) in [4.78, 5) is 11.3. The molecule has 5 atom stereocenters. The molecular formula is C15H14Cl2FN3O2. The molecule has 122 valence electrons. The number of nitrogens with zero attached hydrogens (tertiary/aromatic N) is 1. The summed E-state index contributed by atoms with van der Waals surface area (Å²) < 4.78 is 20.2. The van der Waals surface area contributed by atoms with E-state index in [1.165, 1.54) is 0 Å². The van der Waals surface area contributed by atoms with Crippen molar-refractivity contribution in [3.05, 3.63) is 33.8 Å². The lowest BCUT2D eigenvalue weighted by atomic mass is 9.89. The van der Waals surface area contributed by atoms with Crippen LogP contribution in [0.25, 0.3) is 0 Å². The van der Waals surface area contributed by atoms with Crippen LogP contribution < -0.4 is 11.5 Å². The van der Waals surface area contributed by atoms with Crippen molar-refractivity contribution in [2.75, 3.05) is 0 Å². The van der Waals surface area contributed by atoms with Gasteiger partial charge in [-0.05, 0) is 24.1 Å². The number of fused-ring (bicyclic) bond motifs is 1. The molecule has 0 radical (unpaired) electrons. The summed E-state index contributed by atoms with van der Waals surface area (Å²) in [7, 11) is 0. The molecule has 0 bridgehead atoms. The summed E-state index contributed by atoms with van der Waals surface area (Å²) in [5.74, 6) is -2.65. The average molecular weight is 358 g/mol. The third-order valence-corrected chi connectivity index (χ3v) is 5.55. The molecule has 2 saturated carbocycles. The van der Waals surface area contributed by atoms with Gasteiger partial charge in [0, 0.05) is 11.8 Å². The van der Waals surface area contributed by atoms with E-state index >= 15 is 0 Å². The van der Waals surface area contributed by atoms with Crippen molar-refractivity contribution in [1.82, 2.24) is 0 Å². The second kappa shape index (κ2) is 5.32. The number of alkyl halides is 1. The molecule has 4 N–H and O–H groups in total. The van der Waals surface area contributed by atoms with E-state index in [4.69, 9.17) is 39.4 Å². The van der Waals surface area contributed by atoms with Gasteiger partial charge in [0.15, 0.2) is 5.67 Å². The highest BCUT2D eigenvalue weighted by Gasteiger charge is 2.82. The molecule has 2 aliphatic rings. The van der Waals surface area contributed by atoms with Gasteiger partial charge in [-0.1, -0.05) is 29.3 Å². The lowest BCUT2D eigenvalue weighted by Crippen LogP contribution is -2.54. The van der Waals surface area contributed by atoms with Crippen LogP contribution in [0, 0.1) is 23.2 Å². The Bertz CT molecular complexity index is 725. The van der Waals surface area contributed by atoms with Gasteiger partial charge in [-0.2, -0.15) is 5.26 Å². The van der Waals surface area contributed by atoms with Crippen LogP contribution in [-0.2, 0) is 16.1 Å². The van der Waals surface area contributed by atoms with E-state index in [0.717, 1.165) is 5.56 Å². The maximum atomic E-state index is 14.5. The zero-order chi connectivity index (χ0) is 17.0. The van der Waals surface area contributed by atoms with Crippen molar-refractivity contribution < 1.29 is 13.9 Å². The van der Waals surface area contributed by atoms with Crippen LogP contribution in [0.4, 0.5) is 4.39 Å². The van der Waals surface area contributed by atoms with E-state index in [9.17, 15) is 14.4 Å². The van der Waals surface area contributed by atoms with Gasteiger partial charge in [0.2, 0.25) is 0 Å². The number of carbonyl (C=O) groups excluding carboxylic acids is 1. The predicted molar refractivity (Wildman–Crippen MR) is 82.2 cm³/mol. The lowest BCUT2D eigenvalue weighted by molar-refractivity contribution is -0.127. The standard InChI is InChI=1S/C15H14Cl2FN3O2/c16-9-2-1-7(3-10(9)17)5-23-11-4-8-12(14(11,21)6-19)15(8,18)13(20)22/h1-3,8,11-12H,4-5,21H2,(H2,20,22)/t8?,11-,12-,14-,15-/m1/s1. The number of nitrogens with two attached hydrogens (primary N) is 2. The van der Waals surface area contributed by atoms with E-state index in [-0.39, 0.29) is 13.0 Å². The molecule has 2 fully saturated rings. The molecular weight excluding hydrogens is 344 g/mol. The molecule has 0 aliphatic heterocycles. The zero-order valence-corrected chi connectivity index (χ0v) is 13.4. The van der Waals surface area contributed by atoms with Crippen LogP contribution in [0.5, 0.6) is 0 Å². The SMILES string of the molecule is N#C[C@]1(N)[C@H]2C(C[C@H]1OCc1ccc(Cl)c(Cl)c1)[C@]2(F)C(N)=O. The number of ether oxygens (including phenoxy) is 1. The Morgan fingerprint density at radius 1 is 1.48 bits per heavy atom. The van der Waals surface area contributed by atoms with Crippen LogP contribution in [0.15, 0.2) is 18.2 Å². The van der Waals surface area contributed by atoms with E-state index in [1.54, 1.807) is 18.2 Å². The minimum absolute atomic E-state index is 0.150. The molecule has 23 heavy (non-hydrogen) atoms. The highest BCUT2D eigenvalue weighted by Crippen LogP contribution is 2.66. The molecule has 1 aromatic rings. The maximum Gasteiger partial charge on any atom is 0.255 e. The van der Waals surface area contributed by atoms with Gasteiger partial charge in [0.05, 0.1) is 28.8 Å². The molecule has 8 heteroatoms. The minimum Gasteiger partial charge on any atom is -0.370 e. The molecule has 0 aromatic heterocycles. The fraction of sp³-hybridized carbons (Fsp3) is 0.467. The number of amides is 1. The molecule has 0 saturated heterocycles. The summed E-state index contributed by atoms with van der Waals surface area (Å²) in [5, 5.41) is 10.2. The third-order valence-electron chi connectivity index (χ3n) is 4.81. The van der Waals surface area contributed by atoms with Gasteiger partial charge < -0.3 is 16.2 Å². The quantitative estimate of drug-likeness (QED) is 0.859. The number of primary amides is 1. The Kier molecular flexibility index (Phi) is 3.81. The first-order valence-electron chi connectivity index (χ1n) is 6.99. The number of rotatable bonds is 4. The van der Waals surface area contributed by atoms with Crippen molar-refractivity contribution in [2.45, 2.75) is 30.3 Å². The molecule has 2 aliphatic carbocycles. The van der Waals surface area contributed by atoms with Gasteiger partial charge in [-0.25, -0.2) is 4.39 Å². The van der Waals surface area contributed by atoms with E-state index < -0.39 is 35.1 Å². The summed E-state index contributed by atoms with van der Waals surface area (Å²) >= 11 is 11.8. The fourth-order valence-corrected chi connectivity index (χ4v) is 3.87. The monoisotopic (exact) mass is 357 g/mol. The lowest BCUT2D eigenvalue weighted by Gasteiger charge is -2.29. The number of hydrogen-bond acceptors (Lipinski definition) is 4. The summed E-state index contributed by atoms with van der Waals surface area (Å²) in [5.41, 5.74) is 8.10. The van der Waals surface area contributed by atoms with Gasteiger partial charge in [0.25, 0.3) is 5.91 Å². The zero-order valence-electron chi connectivity index (χ0n) is 11.9. The number of benzene rings is 1. The van der Waals surface area contributed by atoms with Crippen molar-refractivity contribution >= 4 is 29.1 Å². The van der Waals surface area contributed by atoms with Crippen molar-refractivity contribution in [3.63, 3.8) is 0 Å². The number of nitriles is 1. The third kappa shape index (κ3) is 2.31. The Morgan fingerprint density at radius 2 is 2.17 bits per heavy atom. The molecule has 5 nitrogen and oxygen atoms in total. The first kappa shape index (κ1) is 16.5. The largest absolute Gasteiger partial charge is 0.370 e. The van der Waals surface area contributed by atoms with Crippen LogP contribution in [0.2, 0.25) is 10.0 Å². The Balaban J connectivity index is 1.72. The van der Waals surface area contributed by atoms with E-state index in [1.807, 2.05) is 6.07 Å². The Labute approximate surface area is 142 Å². The highest BCUT2D eigenvalue weighted by molar-refractivity contribution is 6.42. The van der Waals surface area contributed by atoms with Crippen LogP contribution in [-0.4, -0.2) is 23.2 Å². The molecule has 1 unspecified atom stereocenters. The molecule has 3 rings (SSSR count). The Hall–Kier alpha value is -1.39. The molecule has 0 spiro atoms. The topological polar surface area (TPSA) is 102 Å². The normalized spacial score (nSPS) is 38.0. The van der Waals surface area contributed by atoms with Gasteiger partial charge in [-0.15, -0.1) is 0 Å². The molecule has 0 heterocycles. The van der Waals surface area contributed by atoms with Crippen LogP contribution >= 0.6 is 23.2 Å². The summed E-state index contributed by atoms with van der Waals surface area (Å²) in [6, 6.07) is 6.92. The van der Waals surface area contributed by atoms with Crippen molar-refractivity contribution in [3.8, 4) is 6.07 Å². The summed E-state index contributed by atoms with van der Waals surface area (Å²) in [6.07, 6.45) is -0.504. The highest BCUT2D eigenvalue weighted by atomic mass is 35.5. The van der Waals surface area contributed by atoms with Crippen LogP contribution in [0.3, 0.4) is 0 Å². The molecule has 1 amide bonds. The minimum atomic E-state index is -2.20. The smallest absolute Gasteiger partial charge is 0.255 e. The average Bonchev–Trinajstić information content (AvgIpc) is 2.99. The number of hydrogen-bond donors (Lipinski definition) is 2. The van der Waals surface area contributed by atoms with Gasteiger partial charge in [0.1, 0.15) is 5.54 Å². The van der Waals surface area contributed by atoms with E-state index in [0.29, 0.717) is 10.0 Å². The van der Waals surface area contributed by atoms with Gasteiger partial charge >= 0.3 is 0 Å². The summed E-state index contributed by atoms with van der Waals surface area (Å²) in [6.45, 7) is 0.150. The van der Waals surface area contributed by atoms with Gasteiger partial charge in [-0.3, -0.25) is 4.79 Å². The second-order valence-electron chi connectivity index (χ2n) is 6.05. The predicted octanol–water partition coefficient (Wildman–Crippen LogP) is 1.94. The number of carbonyl (C=O) groups is 1. The maximum absolute atomic E-state index is 14.5. The first-order chi connectivity index (χ1) is 10.7. The first-order valence-corrected chi connectivity index (χ1v) is 7.75. The second-order valence-corrected chi connectivity index (χ2v) is 6.86. The van der Waals surface area contributed by atoms with E-state index in [2.05, 4.69) is 0 Å². The van der Waals surface area contributed by atoms with Crippen molar-refractivity contribution in [1.29, 1.82) is 5.26 Å². The molecule has 1 aromatic carbocycles. The fourth-order valence-electron chi connectivity index (χ4n) is 3.55. The van der Waals surface area contributed by atoms with Crippen LogP contribution in [0.1, 0.15) is 12.0 Å². The Morgan fingerprint density at radius 3 is 2.74 bits per heavy atom. The van der Waals surface area contributed by atoms with Crippen molar-refractivity contribution in [2.24, 2.45) is 23.3 Å².